The highest BCUT2D eigenvalue weighted by atomic mass is 16.3. The number of aromatic nitrogens is 1. The summed E-state index contributed by atoms with van der Waals surface area (Å²) in [7, 11) is 0. The number of pyridine rings is 1. The number of furan rings is 1. The standard InChI is InChI=1S/C23H15NO/c1-2-7-16(8-3-1)18-9-4-5-10-19(18)17-12-13-21-20(15-17)23-22(25-21)11-6-14-24-23/h1-15H. The molecule has 2 heterocycles. The highest BCUT2D eigenvalue weighted by Gasteiger charge is 2.11. The van der Waals surface area contributed by atoms with Gasteiger partial charge in [-0.1, -0.05) is 60.7 Å². The van der Waals surface area contributed by atoms with Crippen LogP contribution < -0.4 is 0 Å². The molecule has 0 N–H and O–H groups in total. The third-order valence-corrected chi connectivity index (χ3v) is 4.55. The Kier molecular flexibility index (Phi) is 3.14. The number of rotatable bonds is 2. The lowest BCUT2D eigenvalue weighted by Crippen LogP contribution is -1.84. The van der Waals surface area contributed by atoms with Crippen molar-refractivity contribution >= 4 is 22.1 Å². The summed E-state index contributed by atoms with van der Waals surface area (Å²) in [6.45, 7) is 0. The lowest BCUT2D eigenvalue weighted by molar-refractivity contribution is 0.668. The Morgan fingerprint density at radius 3 is 2.20 bits per heavy atom. The van der Waals surface area contributed by atoms with Crippen LogP contribution in [0.5, 0.6) is 0 Å². The van der Waals surface area contributed by atoms with Crippen molar-refractivity contribution in [3.63, 3.8) is 0 Å². The van der Waals surface area contributed by atoms with E-state index < -0.39 is 0 Å². The van der Waals surface area contributed by atoms with Crippen molar-refractivity contribution in [3.05, 3.63) is 91.1 Å². The summed E-state index contributed by atoms with van der Waals surface area (Å²) in [6, 6.07) is 29.2. The van der Waals surface area contributed by atoms with E-state index in [-0.39, 0.29) is 0 Å². The zero-order chi connectivity index (χ0) is 16.6. The number of hydrogen-bond donors (Lipinski definition) is 0. The Morgan fingerprint density at radius 1 is 0.600 bits per heavy atom. The summed E-state index contributed by atoms with van der Waals surface area (Å²) in [5.74, 6) is 0. The lowest BCUT2D eigenvalue weighted by atomic mass is 9.94. The van der Waals surface area contributed by atoms with Crippen LogP contribution >= 0.6 is 0 Å². The van der Waals surface area contributed by atoms with Gasteiger partial charge in [-0.15, -0.1) is 0 Å². The minimum Gasteiger partial charge on any atom is -0.454 e. The molecule has 5 rings (SSSR count). The zero-order valence-electron chi connectivity index (χ0n) is 13.5. The van der Waals surface area contributed by atoms with Gasteiger partial charge in [0.15, 0.2) is 5.58 Å². The van der Waals surface area contributed by atoms with Crippen LogP contribution in [0.25, 0.3) is 44.3 Å². The van der Waals surface area contributed by atoms with E-state index in [9.17, 15) is 0 Å². The molecular weight excluding hydrogens is 306 g/mol. The minimum absolute atomic E-state index is 0.825. The van der Waals surface area contributed by atoms with Crippen LogP contribution in [0.15, 0.2) is 95.5 Å². The monoisotopic (exact) mass is 321 g/mol. The van der Waals surface area contributed by atoms with Crippen LogP contribution in [0.3, 0.4) is 0 Å². The van der Waals surface area contributed by atoms with E-state index in [0.717, 1.165) is 22.1 Å². The maximum absolute atomic E-state index is 5.90. The fourth-order valence-corrected chi connectivity index (χ4v) is 3.37. The topological polar surface area (TPSA) is 26.0 Å². The molecule has 5 aromatic rings. The van der Waals surface area contributed by atoms with Crippen molar-refractivity contribution < 1.29 is 4.42 Å². The summed E-state index contributed by atoms with van der Waals surface area (Å²) in [5.41, 5.74) is 7.43. The predicted molar refractivity (Wildman–Crippen MR) is 102 cm³/mol. The third-order valence-electron chi connectivity index (χ3n) is 4.55. The first kappa shape index (κ1) is 14.0. The Labute approximate surface area is 145 Å². The molecule has 0 atom stereocenters. The molecule has 2 heteroatoms. The Balaban J connectivity index is 1.75. The summed E-state index contributed by atoms with van der Waals surface area (Å²) in [6.07, 6.45) is 1.81. The highest BCUT2D eigenvalue weighted by Crippen LogP contribution is 2.35. The van der Waals surface area contributed by atoms with Gasteiger partial charge in [-0.2, -0.15) is 0 Å². The fraction of sp³-hybridized carbons (Fsp3) is 0. The van der Waals surface area contributed by atoms with Crippen molar-refractivity contribution in [3.8, 4) is 22.3 Å². The Bertz CT molecular complexity index is 1190. The molecule has 0 aliphatic rings. The van der Waals surface area contributed by atoms with Gasteiger partial charge in [-0.25, -0.2) is 0 Å². The maximum atomic E-state index is 5.90. The highest BCUT2D eigenvalue weighted by molar-refractivity contribution is 6.04. The number of hydrogen-bond acceptors (Lipinski definition) is 2. The molecule has 0 amide bonds. The summed E-state index contributed by atoms with van der Waals surface area (Å²) < 4.78 is 5.90. The Hall–Kier alpha value is -3.39. The van der Waals surface area contributed by atoms with Gasteiger partial charge in [0.05, 0.1) is 0 Å². The van der Waals surface area contributed by atoms with Crippen molar-refractivity contribution in [1.82, 2.24) is 4.98 Å². The lowest BCUT2D eigenvalue weighted by Gasteiger charge is -2.10. The fourth-order valence-electron chi connectivity index (χ4n) is 3.37. The Morgan fingerprint density at radius 2 is 1.36 bits per heavy atom. The van der Waals surface area contributed by atoms with Gasteiger partial charge in [-0.05, 0) is 46.5 Å². The van der Waals surface area contributed by atoms with Crippen LogP contribution in [-0.2, 0) is 0 Å². The van der Waals surface area contributed by atoms with E-state index in [1.807, 2.05) is 30.5 Å². The van der Waals surface area contributed by atoms with Gasteiger partial charge < -0.3 is 4.42 Å². The van der Waals surface area contributed by atoms with Gasteiger partial charge in [0.2, 0.25) is 0 Å². The van der Waals surface area contributed by atoms with Gasteiger partial charge in [0.1, 0.15) is 11.1 Å². The van der Waals surface area contributed by atoms with Gasteiger partial charge in [-0.3, -0.25) is 4.98 Å². The number of benzene rings is 3. The predicted octanol–water partition coefficient (Wildman–Crippen LogP) is 6.32. The minimum atomic E-state index is 0.825. The second-order valence-corrected chi connectivity index (χ2v) is 6.07. The quantitative estimate of drug-likeness (QED) is 0.380. The summed E-state index contributed by atoms with van der Waals surface area (Å²) in [4.78, 5) is 4.49. The van der Waals surface area contributed by atoms with Gasteiger partial charge in [0.25, 0.3) is 0 Å². The zero-order valence-corrected chi connectivity index (χ0v) is 13.5. The summed E-state index contributed by atoms with van der Waals surface area (Å²) >= 11 is 0. The SMILES string of the molecule is c1ccc(-c2ccccc2-c2ccc3oc4cccnc4c3c2)cc1. The van der Waals surface area contributed by atoms with Crippen LogP contribution in [-0.4, -0.2) is 4.98 Å². The molecule has 0 aliphatic heterocycles. The molecule has 0 saturated carbocycles. The number of fused-ring (bicyclic) bond motifs is 3. The van der Waals surface area contributed by atoms with E-state index in [0.29, 0.717) is 0 Å². The van der Waals surface area contributed by atoms with Crippen LogP contribution in [0, 0.1) is 0 Å². The third kappa shape index (κ3) is 2.31. The first-order chi connectivity index (χ1) is 12.4. The van der Waals surface area contributed by atoms with Crippen molar-refractivity contribution in [2.24, 2.45) is 0 Å². The molecule has 0 fully saturated rings. The summed E-state index contributed by atoms with van der Waals surface area (Å²) in [5, 5.41) is 1.05. The van der Waals surface area contributed by atoms with E-state index >= 15 is 0 Å². The van der Waals surface area contributed by atoms with Gasteiger partial charge in [0, 0.05) is 11.6 Å². The smallest absolute Gasteiger partial charge is 0.153 e. The average Bonchev–Trinajstić information content (AvgIpc) is 3.06. The van der Waals surface area contributed by atoms with E-state index in [1.165, 1.54) is 22.3 Å². The molecule has 118 valence electrons. The van der Waals surface area contributed by atoms with Crippen LogP contribution in [0.1, 0.15) is 0 Å². The van der Waals surface area contributed by atoms with E-state index in [4.69, 9.17) is 4.42 Å². The molecule has 0 unspecified atom stereocenters. The molecule has 0 aliphatic carbocycles. The molecule has 2 aromatic heterocycles. The molecule has 0 bridgehead atoms. The normalized spacial score (nSPS) is 11.2. The van der Waals surface area contributed by atoms with E-state index in [2.05, 4.69) is 65.6 Å². The molecule has 3 aromatic carbocycles. The molecule has 2 nitrogen and oxygen atoms in total. The van der Waals surface area contributed by atoms with Crippen molar-refractivity contribution in [1.29, 1.82) is 0 Å². The van der Waals surface area contributed by atoms with Crippen LogP contribution in [0.2, 0.25) is 0 Å². The molecule has 0 saturated heterocycles. The maximum Gasteiger partial charge on any atom is 0.153 e. The second-order valence-electron chi connectivity index (χ2n) is 6.07. The van der Waals surface area contributed by atoms with Crippen molar-refractivity contribution in [2.45, 2.75) is 0 Å². The average molecular weight is 321 g/mol. The van der Waals surface area contributed by atoms with Crippen LogP contribution in [0.4, 0.5) is 0 Å². The van der Waals surface area contributed by atoms with Gasteiger partial charge >= 0.3 is 0 Å². The first-order valence-electron chi connectivity index (χ1n) is 8.32. The first-order valence-corrected chi connectivity index (χ1v) is 8.32. The molecule has 0 spiro atoms. The molecule has 25 heavy (non-hydrogen) atoms. The number of nitrogens with zero attached hydrogens (tertiary/aromatic N) is 1. The molecule has 0 radical (unpaired) electrons. The van der Waals surface area contributed by atoms with Crippen molar-refractivity contribution in [2.75, 3.05) is 0 Å². The largest absolute Gasteiger partial charge is 0.454 e. The second kappa shape index (κ2) is 5.60. The molecular formula is C23H15NO. The van der Waals surface area contributed by atoms with E-state index in [1.54, 1.807) is 0 Å².